The van der Waals surface area contributed by atoms with Crippen molar-refractivity contribution in [1.29, 1.82) is 0 Å². The van der Waals surface area contributed by atoms with Gasteiger partial charge in [-0.15, -0.1) is 0 Å². The molecule has 0 saturated carbocycles. The van der Waals surface area contributed by atoms with Crippen molar-refractivity contribution in [1.82, 2.24) is 15.0 Å². The zero-order valence-electron chi connectivity index (χ0n) is 17.4. The lowest BCUT2D eigenvalue weighted by Gasteiger charge is -2.10. The Morgan fingerprint density at radius 1 is 1.16 bits per heavy atom. The molecule has 0 unspecified atom stereocenters. The van der Waals surface area contributed by atoms with E-state index in [1.807, 2.05) is 72.2 Å². The van der Waals surface area contributed by atoms with Crippen molar-refractivity contribution in [2.24, 2.45) is 5.10 Å². The first-order valence-corrected chi connectivity index (χ1v) is 10.2. The van der Waals surface area contributed by atoms with Crippen molar-refractivity contribution < 1.29 is 9.53 Å². The molecule has 4 rings (SSSR count). The van der Waals surface area contributed by atoms with Crippen LogP contribution in [-0.4, -0.2) is 28.3 Å². The highest BCUT2D eigenvalue weighted by Gasteiger charge is 2.09. The van der Waals surface area contributed by atoms with Crippen LogP contribution in [0.5, 0.6) is 5.75 Å². The van der Waals surface area contributed by atoms with Crippen molar-refractivity contribution in [3.63, 3.8) is 0 Å². The van der Waals surface area contributed by atoms with Gasteiger partial charge in [0.05, 0.1) is 17.2 Å². The molecule has 0 saturated heterocycles. The van der Waals surface area contributed by atoms with Crippen LogP contribution in [0, 0.1) is 6.92 Å². The second-order valence-electron chi connectivity index (χ2n) is 7.14. The van der Waals surface area contributed by atoms with E-state index in [2.05, 4.69) is 22.1 Å². The molecule has 0 fully saturated rings. The van der Waals surface area contributed by atoms with Crippen LogP contribution in [0.1, 0.15) is 17.8 Å². The summed E-state index contributed by atoms with van der Waals surface area (Å²) in [7, 11) is 0. The Balaban J connectivity index is 1.46. The minimum absolute atomic E-state index is 0.165. The highest BCUT2D eigenvalue weighted by Crippen LogP contribution is 2.26. The van der Waals surface area contributed by atoms with E-state index in [0.717, 1.165) is 33.2 Å². The topological polar surface area (TPSA) is 68.5 Å². The van der Waals surface area contributed by atoms with E-state index in [-0.39, 0.29) is 5.91 Å². The van der Waals surface area contributed by atoms with Crippen LogP contribution in [0.3, 0.4) is 0 Å². The summed E-state index contributed by atoms with van der Waals surface area (Å²) >= 11 is 0. The Labute approximate surface area is 180 Å². The van der Waals surface area contributed by atoms with Crippen LogP contribution in [0.25, 0.3) is 21.8 Å². The van der Waals surface area contributed by atoms with Gasteiger partial charge in [-0.3, -0.25) is 4.79 Å². The van der Waals surface area contributed by atoms with Crippen LogP contribution < -0.4 is 10.2 Å². The zero-order chi connectivity index (χ0) is 21.6. The van der Waals surface area contributed by atoms with Crippen molar-refractivity contribution >= 4 is 33.9 Å². The lowest BCUT2D eigenvalue weighted by atomic mass is 10.0. The van der Waals surface area contributed by atoms with Crippen LogP contribution in [0.15, 0.2) is 78.4 Å². The molecule has 6 heteroatoms. The Morgan fingerprint density at radius 2 is 1.97 bits per heavy atom. The largest absolute Gasteiger partial charge is 0.489 e. The molecule has 1 aromatic heterocycles. The summed E-state index contributed by atoms with van der Waals surface area (Å²) in [5.41, 5.74) is 5.40. The van der Waals surface area contributed by atoms with E-state index in [1.54, 1.807) is 12.3 Å². The smallest absolute Gasteiger partial charge is 0.241 e. The molecule has 6 nitrogen and oxygen atoms in total. The molecule has 4 aromatic rings. The fourth-order valence-electron chi connectivity index (χ4n) is 3.60. The number of hydrazone groups is 1. The summed E-state index contributed by atoms with van der Waals surface area (Å²) in [6.45, 7) is 6.57. The SMILES string of the molecule is C=CCOc1ccc2ccccc2c1/C=N/NC(=O)CCn1c(C)nc2ccccc21. The fraction of sp³-hybridized carbons (Fsp3) is 0.160. The molecule has 0 spiro atoms. The van der Waals surface area contributed by atoms with Gasteiger partial charge in [0.2, 0.25) is 5.91 Å². The molecular formula is C25H24N4O2. The molecule has 0 aliphatic heterocycles. The number of hydrogen-bond donors (Lipinski definition) is 1. The molecule has 0 aliphatic carbocycles. The first kappa shape index (κ1) is 20.3. The highest BCUT2D eigenvalue weighted by molar-refractivity contribution is 6.02. The van der Waals surface area contributed by atoms with Crippen molar-refractivity contribution in [3.05, 3.63) is 84.7 Å². The predicted molar refractivity (Wildman–Crippen MR) is 124 cm³/mol. The molecule has 156 valence electrons. The van der Waals surface area contributed by atoms with Crippen molar-refractivity contribution in [3.8, 4) is 5.75 Å². The van der Waals surface area contributed by atoms with E-state index < -0.39 is 0 Å². The third kappa shape index (κ3) is 4.48. The normalized spacial score (nSPS) is 11.3. The van der Waals surface area contributed by atoms with Gasteiger partial charge in [0.1, 0.15) is 18.2 Å². The number of aryl methyl sites for hydroxylation is 2. The molecule has 0 aliphatic rings. The number of carbonyl (C=O) groups is 1. The monoisotopic (exact) mass is 412 g/mol. The number of fused-ring (bicyclic) bond motifs is 2. The second kappa shape index (κ2) is 9.26. The van der Waals surface area contributed by atoms with Gasteiger partial charge in [-0.05, 0) is 35.9 Å². The molecule has 1 N–H and O–H groups in total. The minimum Gasteiger partial charge on any atom is -0.489 e. The van der Waals surface area contributed by atoms with E-state index in [1.165, 1.54) is 0 Å². The average molecular weight is 412 g/mol. The zero-order valence-corrected chi connectivity index (χ0v) is 17.4. The van der Waals surface area contributed by atoms with Gasteiger partial charge in [0, 0.05) is 18.5 Å². The summed E-state index contributed by atoms with van der Waals surface area (Å²) in [4.78, 5) is 16.9. The second-order valence-corrected chi connectivity index (χ2v) is 7.14. The van der Waals surface area contributed by atoms with E-state index in [4.69, 9.17) is 4.74 Å². The number of benzene rings is 3. The third-order valence-electron chi connectivity index (χ3n) is 5.08. The molecule has 1 amide bonds. The first-order valence-electron chi connectivity index (χ1n) is 10.2. The number of amides is 1. The number of para-hydroxylation sites is 2. The van der Waals surface area contributed by atoms with Gasteiger partial charge < -0.3 is 9.30 Å². The maximum atomic E-state index is 12.4. The highest BCUT2D eigenvalue weighted by atomic mass is 16.5. The summed E-state index contributed by atoms with van der Waals surface area (Å²) in [5, 5.41) is 6.27. The van der Waals surface area contributed by atoms with E-state index in [9.17, 15) is 4.79 Å². The number of imidazole rings is 1. The predicted octanol–water partition coefficient (Wildman–Crippen LogP) is 4.60. The van der Waals surface area contributed by atoms with Gasteiger partial charge >= 0.3 is 0 Å². The quantitative estimate of drug-likeness (QED) is 0.261. The van der Waals surface area contributed by atoms with Crippen LogP contribution in [0.4, 0.5) is 0 Å². The van der Waals surface area contributed by atoms with Gasteiger partial charge in [0.25, 0.3) is 0 Å². The number of nitrogens with zero attached hydrogens (tertiary/aromatic N) is 3. The Bertz CT molecular complexity index is 1270. The maximum Gasteiger partial charge on any atom is 0.241 e. The number of ether oxygens (including phenoxy) is 1. The lowest BCUT2D eigenvalue weighted by Crippen LogP contribution is -2.19. The molecule has 31 heavy (non-hydrogen) atoms. The van der Waals surface area contributed by atoms with Crippen LogP contribution >= 0.6 is 0 Å². The van der Waals surface area contributed by atoms with Crippen molar-refractivity contribution in [2.75, 3.05) is 6.61 Å². The average Bonchev–Trinajstić information content (AvgIpc) is 3.11. The molecule has 0 atom stereocenters. The number of carbonyl (C=O) groups excluding carboxylic acids is 1. The first-order chi connectivity index (χ1) is 15.2. The van der Waals surface area contributed by atoms with E-state index >= 15 is 0 Å². The van der Waals surface area contributed by atoms with Gasteiger partial charge in [-0.1, -0.05) is 55.1 Å². The van der Waals surface area contributed by atoms with Crippen LogP contribution in [0.2, 0.25) is 0 Å². The third-order valence-corrected chi connectivity index (χ3v) is 5.08. The van der Waals surface area contributed by atoms with Gasteiger partial charge in [-0.2, -0.15) is 5.10 Å². The standard InChI is InChI=1S/C25H24N4O2/c1-3-16-31-24-13-12-19-8-4-5-9-20(19)21(24)17-26-28-25(30)14-15-29-18(2)27-22-10-6-7-11-23(22)29/h3-13,17H,1,14-16H2,2H3,(H,28,30)/b26-17+. The number of rotatable bonds is 8. The molecule has 0 radical (unpaired) electrons. The van der Waals surface area contributed by atoms with Gasteiger partial charge in [0.15, 0.2) is 0 Å². The molecular weight excluding hydrogens is 388 g/mol. The Kier molecular flexibility index (Phi) is 6.08. The van der Waals surface area contributed by atoms with E-state index in [0.29, 0.717) is 25.3 Å². The fourth-order valence-corrected chi connectivity index (χ4v) is 3.60. The summed E-state index contributed by atoms with van der Waals surface area (Å²) in [5.74, 6) is 1.41. The van der Waals surface area contributed by atoms with Crippen molar-refractivity contribution in [2.45, 2.75) is 19.9 Å². The minimum atomic E-state index is -0.165. The Hall–Kier alpha value is -3.93. The molecule has 3 aromatic carbocycles. The summed E-state index contributed by atoms with van der Waals surface area (Å²) in [6, 6.07) is 19.8. The number of nitrogens with one attached hydrogen (secondary N) is 1. The summed E-state index contributed by atoms with van der Waals surface area (Å²) in [6.07, 6.45) is 3.63. The lowest BCUT2D eigenvalue weighted by molar-refractivity contribution is -0.121. The number of hydrogen-bond acceptors (Lipinski definition) is 4. The summed E-state index contributed by atoms with van der Waals surface area (Å²) < 4.78 is 7.82. The molecule has 1 heterocycles. The van der Waals surface area contributed by atoms with Crippen LogP contribution in [-0.2, 0) is 11.3 Å². The number of aromatic nitrogens is 2. The Morgan fingerprint density at radius 3 is 2.84 bits per heavy atom. The van der Waals surface area contributed by atoms with Gasteiger partial charge in [-0.25, -0.2) is 10.4 Å². The molecule has 0 bridgehead atoms. The maximum absolute atomic E-state index is 12.4.